The van der Waals surface area contributed by atoms with Gasteiger partial charge >= 0.3 is 5.97 Å². The van der Waals surface area contributed by atoms with Crippen LogP contribution in [0.25, 0.3) is 0 Å². The molecular weight excluding hydrogens is 1120 g/mol. The largest absolute Gasteiger partial charge is 0.466 e. The number of carbonyl (C=O) groups excluding carboxylic acids is 2. The fourth-order valence-electron chi connectivity index (χ4n) is 12.0. The summed E-state index contributed by atoms with van der Waals surface area (Å²) < 4.78 is 16.7. The van der Waals surface area contributed by atoms with Gasteiger partial charge in [-0.05, 0) is 103 Å². The number of hydrogen-bond acceptors (Lipinski definition) is 10. The quantitative estimate of drug-likeness (QED) is 0.0195. The summed E-state index contributed by atoms with van der Waals surface area (Å²) in [6.45, 7) is 4.31. The summed E-state index contributed by atoms with van der Waals surface area (Å²) in [5.41, 5.74) is 0. The highest BCUT2D eigenvalue weighted by Gasteiger charge is 2.44. The Hall–Kier alpha value is -2.64. The number of aliphatic hydroxyl groups is 5. The van der Waals surface area contributed by atoms with E-state index in [0.717, 1.165) is 64.2 Å². The van der Waals surface area contributed by atoms with Crippen molar-refractivity contribution in [3.63, 3.8) is 0 Å². The molecule has 6 N–H and O–H groups in total. The molecule has 11 heteroatoms. The van der Waals surface area contributed by atoms with E-state index in [1.807, 2.05) is 6.08 Å². The van der Waals surface area contributed by atoms with Gasteiger partial charge < -0.3 is 45.1 Å². The number of esters is 1. The highest BCUT2D eigenvalue weighted by Crippen LogP contribution is 2.23. The first-order valence-corrected chi connectivity index (χ1v) is 38.6. The molecule has 526 valence electrons. The number of amides is 1. The third-order valence-electron chi connectivity index (χ3n) is 18.1. The summed E-state index contributed by atoms with van der Waals surface area (Å²) in [5.74, 6) is -0.185. The van der Waals surface area contributed by atoms with Crippen LogP contribution >= 0.6 is 0 Å². The van der Waals surface area contributed by atoms with Crippen molar-refractivity contribution in [3.05, 3.63) is 60.8 Å². The number of ether oxygens (including phenoxy) is 3. The number of nitrogens with one attached hydrogen (secondary N) is 1. The predicted molar refractivity (Wildman–Crippen MR) is 380 cm³/mol. The average Bonchev–Trinajstić information content (AvgIpc) is 0.982. The molecule has 0 aliphatic carbocycles. The molecule has 0 aromatic carbocycles. The average molecular weight is 1270 g/mol. The van der Waals surface area contributed by atoms with Gasteiger partial charge in [0.05, 0.1) is 32.0 Å². The van der Waals surface area contributed by atoms with Gasteiger partial charge in [-0.15, -0.1) is 0 Å². The SMILES string of the molecule is CCCCC/C=C\CCCCCCCC(=O)OCCCCCCCCCCCCCCCCC/C=C\C/C=C\CCCCCCCCCCCCCCCCCCCC(=O)NC(COC1OC(CO)C(O)C(O)C1O)C(O)/C=C/CC/C=C/CCCCCCC. The molecule has 1 fully saturated rings. The molecule has 11 nitrogen and oxygen atoms in total. The topological polar surface area (TPSA) is 175 Å². The highest BCUT2D eigenvalue weighted by atomic mass is 16.7. The fraction of sp³-hybridized carbons (Fsp3) is 0.848. The van der Waals surface area contributed by atoms with Crippen LogP contribution in [0.15, 0.2) is 60.8 Å². The smallest absolute Gasteiger partial charge is 0.305 e. The zero-order chi connectivity index (χ0) is 65.1. The lowest BCUT2D eigenvalue weighted by Gasteiger charge is -2.40. The molecule has 90 heavy (non-hydrogen) atoms. The number of hydrogen-bond donors (Lipinski definition) is 6. The lowest BCUT2D eigenvalue weighted by molar-refractivity contribution is -0.302. The lowest BCUT2D eigenvalue weighted by Crippen LogP contribution is -2.60. The van der Waals surface area contributed by atoms with Crippen molar-refractivity contribution in [2.45, 2.75) is 410 Å². The summed E-state index contributed by atoms with van der Waals surface area (Å²) >= 11 is 0. The van der Waals surface area contributed by atoms with E-state index in [0.29, 0.717) is 19.4 Å². The maximum Gasteiger partial charge on any atom is 0.305 e. The van der Waals surface area contributed by atoms with E-state index < -0.39 is 49.5 Å². The number of aliphatic hydroxyl groups excluding tert-OH is 5. The van der Waals surface area contributed by atoms with Gasteiger partial charge in [0.15, 0.2) is 6.29 Å². The maximum absolute atomic E-state index is 13.0. The second-order valence-electron chi connectivity index (χ2n) is 26.7. The summed E-state index contributed by atoms with van der Waals surface area (Å²) in [4.78, 5) is 25.1. The van der Waals surface area contributed by atoms with E-state index in [9.17, 15) is 35.1 Å². The van der Waals surface area contributed by atoms with E-state index in [1.54, 1.807) is 6.08 Å². The van der Waals surface area contributed by atoms with Crippen LogP contribution < -0.4 is 5.32 Å². The Morgan fingerprint density at radius 3 is 1.19 bits per heavy atom. The molecule has 1 rings (SSSR count). The monoisotopic (exact) mass is 1270 g/mol. The molecule has 0 radical (unpaired) electrons. The van der Waals surface area contributed by atoms with E-state index in [2.05, 4.69) is 67.8 Å². The fourth-order valence-corrected chi connectivity index (χ4v) is 12.0. The number of allylic oxidation sites excluding steroid dienone is 9. The van der Waals surface area contributed by atoms with Crippen molar-refractivity contribution in [2.75, 3.05) is 19.8 Å². The Balaban J connectivity index is 1.90. The molecule has 0 aromatic heterocycles. The minimum Gasteiger partial charge on any atom is -0.466 e. The zero-order valence-corrected chi connectivity index (χ0v) is 58.6. The van der Waals surface area contributed by atoms with Gasteiger partial charge in [-0.1, -0.05) is 312 Å². The second-order valence-corrected chi connectivity index (χ2v) is 26.7. The third kappa shape index (κ3) is 55.8. The van der Waals surface area contributed by atoms with E-state index in [-0.39, 0.29) is 18.5 Å². The maximum atomic E-state index is 13.0. The van der Waals surface area contributed by atoms with Gasteiger partial charge in [-0.2, -0.15) is 0 Å². The first-order valence-electron chi connectivity index (χ1n) is 38.6. The van der Waals surface area contributed by atoms with Gasteiger partial charge in [0, 0.05) is 12.8 Å². The summed E-state index contributed by atoms with van der Waals surface area (Å²) in [7, 11) is 0. The van der Waals surface area contributed by atoms with Crippen LogP contribution in [0.5, 0.6) is 0 Å². The molecular formula is C79H145NO10. The molecule has 0 aromatic rings. The Morgan fingerprint density at radius 2 is 0.756 bits per heavy atom. The molecule has 1 amide bonds. The normalized spacial score (nSPS) is 18.0. The van der Waals surface area contributed by atoms with Gasteiger partial charge in [0.1, 0.15) is 24.4 Å². The van der Waals surface area contributed by atoms with Crippen molar-refractivity contribution in [2.24, 2.45) is 0 Å². The zero-order valence-electron chi connectivity index (χ0n) is 58.6. The van der Waals surface area contributed by atoms with Crippen molar-refractivity contribution >= 4 is 11.9 Å². The van der Waals surface area contributed by atoms with Crippen molar-refractivity contribution in [1.29, 1.82) is 0 Å². The molecule has 0 spiro atoms. The van der Waals surface area contributed by atoms with Crippen LogP contribution in [-0.4, -0.2) is 100 Å². The summed E-state index contributed by atoms with van der Waals surface area (Å²) in [5, 5.41) is 54.4. The van der Waals surface area contributed by atoms with E-state index in [4.69, 9.17) is 14.2 Å². The van der Waals surface area contributed by atoms with E-state index >= 15 is 0 Å². The number of carbonyl (C=O) groups is 2. The molecule has 0 bridgehead atoms. The van der Waals surface area contributed by atoms with Gasteiger partial charge in [0.25, 0.3) is 0 Å². The van der Waals surface area contributed by atoms with Gasteiger partial charge in [-0.25, -0.2) is 0 Å². The van der Waals surface area contributed by atoms with Crippen molar-refractivity contribution in [1.82, 2.24) is 5.32 Å². The predicted octanol–water partition coefficient (Wildman–Crippen LogP) is 20.5. The molecule has 7 unspecified atom stereocenters. The Morgan fingerprint density at radius 1 is 0.411 bits per heavy atom. The molecule has 1 aliphatic rings. The molecule has 1 heterocycles. The minimum absolute atomic E-state index is 0.00425. The summed E-state index contributed by atoms with van der Waals surface area (Å²) in [6.07, 6.45) is 81.2. The highest BCUT2D eigenvalue weighted by molar-refractivity contribution is 5.76. The first-order chi connectivity index (χ1) is 44.2. The first kappa shape index (κ1) is 85.4. The van der Waals surface area contributed by atoms with Crippen LogP contribution in [0.1, 0.15) is 367 Å². The Labute approximate surface area is 554 Å². The number of unbranched alkanes of at least 4 members (excludes halogenated alkanes) is 46. The number of rotatable bonds is 68. The van der Waals surface area contributed by atoms with E-state index in [1.165, 1.54) is 276 Å². The van der Waals surface area contributed by atoms with Gasteiger partial charge in [-0.3, -0.25) is 9.59 Å². The van der Waals surface area contributed by atoms with Crippen LogP contribution in [0.4, 0.5) is 0 Å². The molecule has 7 atom stereocenters. The van der Waals surface area contributed by atoms with Crippen molar-refractivity contribution < 1.29 is 49.3 Å². The lowest BCUT2D eigenvalue weighted by atomic mass is 9.99. The van der Waals surface area contributed by atoms with Crippen LogP contribution in [0.3, 0.4) is 0 Å². The Kier molecular flexibility index (Phi) is 64.3. The summed E-state index contributed by atoms with van der Waals surface area (Å²) in [6, 6.07) is -0.825. The third-order valence-corrected chi connectivity index (χ3v) is 18.1. The molecule has 1 saturated heterocycles. The minimum atomic E-state index is -1.58. The molecule has 0 saturated carbocycles. The van der Waals surface area contributed by atoms with Crippen molar-refractivity contribution in [3.8, 4) is 0 Å². The van der Waals surface area contributed by atoms with Crippen LogP contribution in [0, 0.1) is 0 Å². The second kappa shape index (κ2) is 67.8. The Bertz CT molecular complexity index is 1680. The van der Waals surface area contributed by atoms with Crippen LogP contribution in [-0.2, 0) is 23.8 Å². The molecule has 1 aliphatic heterocycles. The van der Waals surface area contributed by atoms with Gasteiger partial charge in [0.2, 0.25) is 5.91 Å². The van der Waals surface area contributed by atoms with Crippen LogP contribution in [0.2, 0.25) is 0 Å². The standard InChI is InChI=1S/C79H145NO10/c1-3-5-7-9-11-13-15-47-51-55-59-63-67-75(84)88-68-64-60-56-52-48-44-42-40-38-36-34-32-30-28-26-24-22-20-18-16-17-19-21-23-25-27-29-31-33-35-37-39-41-43-46-50-54-58-62-66-74(83)80-71(70-89-79-78(87)77(86)76(85)73(69-81)90-79)72(82)65-61-57-53-49-45-14-12-10-8-6-4-2/h11,13,16-17,20,22,45,49,61,65,71-73,76-79,81-82,85-87H,3-10,12,14-15,18-19,21,23-44,46-48,50-60,62-64,66-70H2,1-2H3,(H,80,83)/b13-11-,17-16-,22-20-,49-45+,65-61+.